The van der Waals surface area contributed by atoms with Gasteiger partial charge in [0.05, 0.1) is 38.2 Å². The molecule has 2 unspecified atom stereocenters. The predicted octanol–water partition coefficient (Wildman–Crippen LogP) is 5.09. The molecule has 0 radical (unpaired) electrons. The third-order valence-electron chi connectivity index (χ3n) is 7.57. The van der Waals surface area contributed by atoms with E-state index in [1.807, 2.05) is 51.1 Å². The Morgan fingerprint density at radius 3 is 2.20 bits per heavy atom. The van der Waals surface area contributed by atoms with E-state index in [1.165, 1.54) is 14.2 Å². The summed E-state index contributed by atoms with van der Waals surface area (Å²) in [7, 11) is 2.77. The van der Waals surface area contributed by atoms with Gasteiger partial charge < -0.3 is 30.8 Å². The number of benzene rings is 3. The number of aromatic amines is 1. The number of ether oxygens (including phenoxy) is 2. The lowest BCUT2D eigenvalue weighted by Gasteiger charge is -2.31. The molecule has 0 aliphatic heterocycles. The van der Waals surface area contributed by atoms with Gasteiger partial charge in [0, 0.05) is 12.1 Å². The minimum atomic E-state index is -0.902. The number of primary amides is 1. The summed E-state index contributed by atoms with van der Waals surface area (Å²) < 4.78 is 10.3. The number of aromatic nitrogens is 2. The van der Waals surface area contributed by atoms with Crippen molar-refractivity contribution in [2.24, 2.45) is 11.5 Å². The second-order valence-corrected chi connectivity index (χ2v) is 10.5. The molecule has 3 aromatic carbocycles. The monoisotopic (exact) mass is 655 g/mol. The van der Waals surface area contributed by atoms with Gasteiger partial charge in [0.25, 0.3) is 0 Å². The lowest BCUT2D eigenvalue weighted by atomic mass is 9.93. The smallest absolute Gasteiger partial charge is 0.341 e. The minimum absolute atomic E-state index is 0. The molecule has 1 aromatic heterocycles. The van der Waals surface area contributed by atoms with Gasteiger partial charge in [-0.05, 0) is 79.3 Å². The zero-order valence-electron chi connectivity index (χ0n) is 25.8. The number of carbonyl (C=O) groups excluding carboxylic acids is 3. The summed E-state index contributed by atoms with van der Waals surface area (Å²) >= 11 is 0. The van der Waals surface area contributed by atoms with Crippen molar-refractivity contribution in [2.45, 2.75) is 45.8 Å². The van der Waals surface area contributed by atoms with Crippen LogP contribution in [0.15, 0.2) is 66.9 Å². The largest absolute Gasteiger partial charge is 0.496 e. The Labute approximate surface area is 275 Å². The van der Waals surface area contributed by atoms with Gasteiger partial charge in [-0.2, -0.15) is 0 Å². The van der Waals surface area contributed by atoms with Crippen LogP contribution in [0.1, 0.15) is 61.8 Å². The maximum absolute atomic E-state index is 14.1. The van der Waals surface area contributed by atoms with Crippen LogP contribution >= 0.6 is 24.8 Å². The van der Waals surface area contributed by atoms with E-state index in [2.05, 4.69) is 9.97 Å². The van der Waals surface area contributed by atoms with Crippen LogP contribution in [0.3, 0.4) is 0 Å². The number of esters is 1. The summed E-state index contributed by atoms with van der Waals surface area (Å²) in [6.07, 6.45) is 1.99. The number of methoxy groups -OCH3 is 2. The molecule has 0 saturated carbocycles. The molecule has 0 bridgehead atoms. The van der Waals surface area contributed by atoms with Gasteiger partial charge in [0.2, 0.25) is 11.8 Å². The highest BCUT2D eigenvalue weighted by Crippen LogP contribution is 2.28. The SMILES string of the molecule is COC(=O)c1cc(CN(C(=O)C(N)Cc2c(C)cc(C(N)=O)cc2C)C(C)c2ncc(-c3ccccc3)[nH]2)ccc1OC.Cl.Cl. The van der Waals surface area contributed by atoms with E-state index in [1.54, 1.807) is 41.4 Å². The van der Waals surface area contributed by atoms with Crippen LogP contribution in [0.4, 0.5) is 0 Å². The highest BCUT2D eigenvalue weighted by molar-refractivity contribution is 5.93. The number of carbonyl (C=O) groups is 3. The first-order valence-corrected chi connectivity index (χ1v) is 13.9. The summed E-state index contributed by atoms with van der Waals surface area (Å²) in [6, 6.07) is 16.9. The Hall–Kier alpha value is -4.38. The first-order valence-electron chi connectivity index (χ1n) is 13.9. The fourth-order valence-corrected chi connectivity index (χ4v) is 5.16. The Kier molecular flexibility index (Phi) is 13.2. The zero-order chi connectivity index (χ0) is 31.3. The average Bonchev–Trinajstić information content (AvgIpc) is 3.51. The number of aryl methyl sites for hydroxylation is 2. The van der Waals surface area contributed by atoms with Crippen LogP contribution in [0.5, 0.6) is 5.75 Å². The molecule has 0 saturated heterocycles. The fourth-order valence-electron chi connectivity index (χ4n) is 5.16. The number of halogens is 2. The molecule has 2 atom stereocenters. The van der Waals surface area contributed by atoms with Crippen molar-refractivity contribution >= 4 is 42.6 Å². The van der Waals surface area contributed by atoms with E-state index in [-0.39, 0.29) is 49.3 Å². The fraction of sp³-hybridized carbons (Fsp3) is 0.273. The Bertz CT molecular complexity index is 1620. The molecule has 0 aliphatic carbocycles. The van der Waals surface area contributed by atoms with Crippen molar-refractivity contribution in [2.75, 3.05) is 14.2 Å². The molecule has 0 fully saturated rings. The van der Waals surface area contributed by atoms with Crippen molar-refractivity contribution < 1.29 is 23.9 Å². The van der Waals surface area contributed by atoms with E-state index in [9.17, 15) is 14.4 Å². The molecule has 5 N–H and O–H groups in total. The van der Waals surface area contributed by atoms with E-state index < -0.39 is 24.0 Å². The van der Waals surface area contributed by atoms with Crippen LogP contribution in [0.25, 0.3) is 11.3 Å². The number of nitrogens with one attached hydrogen (secondary N) is 1. The van der Waals surface area contributed by atoms with Gasteiger partial charge in [-0.25, -0.2) is 9.78 Å². The first-order chi connectivity index (χ1) is 20.5. The van der Waals surface area contributed by atoms with Crippen LogP contribution in [-0.4, -0.2) is 52.9 Å². The van der Waals surface area contributed by atoms with E-state index in [0.29, 0.717) is 22.7 Å². The van der Waals surface area contributed by atoms with E-state index in [0.717, 1.165) is 27.9 Å². The highest BCUT2D eigenvalue weighted by atomic mass is 35.5. The molecule has 2 amide bonds. The number of hydrogen-bond donors (Lipinski definition) is 3. The third-order valence-corrected chi connectivity index (χ3v) is 7.57. The number of nitrogens with two attached hydrogens (primary N) is 2. The van der Waals surface area contributed by atoms with Gasteiger partial charge in [-0.15, -0.1) is 24.8 Å². The topological polar surface area (TPSA) is 154 Å². The normalized spacial score (nSPS) is 11.8. The van der Waals surface area contributed by atoms with Crippen molar-refractivity contribution in [1.82, 2.24) is 14.9 Å². The number of rotatable bonds is 11. The van der Waals surface area contributed by atoms with Gasteiger partial charge >= 0.3 is 5.97 Å². The predicted molar refractivity (Wildman–Crippen MR) is 178 cm³/mol. The molecule has 4 aromatic rings. The highest BCUT2D eigenvalue weighted by Gasteiger charge is 2.29. The Balaban J connectivity index is 0.00000353. The standard InChI is InChI=1S/C33H37N5O5.2ClH/c1-19-13-24(30(35)39)14-20(2)25(19)16-27(34)32(40)38(18-22-11-12-29(42-4)26(15-22)33(41)43-5)21(3)31-36-17-28(37-31)23-9-7-6-8-10-23;;/h6-15,17,21,27H,16,18,34H2,1-5H3,(H2,35,39)(H,36,37);2*1H. The van der Waals surface area contributed by atoms with E-state index >= 15 is 0 Å². The Morgan fingerprint density at radius 1 is 0.978 bits per heavy atom. The van der Waals surface area contributed by atoms with Crippen molar-refractivity contribution in [1.29, 1.82) is 0 Å². The molecule has 10 nitrogen and oxygen atoms in total. The molecule has 4 rings (SSSR count). The second kappa shape index (κ2) is 16.1. The molecule has 1 heterocycles. The average molecular weight is 657 g/mol. The van der Waals surface area contributed by atoms with Gasteiger partial charge in [-0.3, -0.25) is 9.59 Å². The molecule has 0 aliphatic rings. The van der Waals surface area contributed by atoms with Crippen molar-refractivity contribution in [3.63, 3.8) is 0 Å². The molecular formula is C33H39Cl2N5O5. The zero-order valence-corrected chi connectivity index (χ0v) is 27.5. The van der Waals surface area contributed by atoms with Crippen LogP contribution < -0.4 is 16.2 Å². The summed E-state index contributed by atoms with van der Waals surface area (Å²) in [6.45, 7) is 5.75. The van der Waals surface area contributed by atoms with Crippen molar-refractivity contribution in [3.05, 3.63) is 106 Å². The summed E-state index contributed by atoms with van der Waals surface area (Å²) in [4.78, 5) is 47.9. The number of amides is 2. The molecule has 240 valence electrons. The first kappa shape index (κ1) is 36.8. The molecular weight excluding hydrogens is 617 g/mol. The minimum Gasteiger partial charge on any atom is -0.496 e. The number of hydrogen-bond acceptors (Lipinski definition) is 7. The van der Waals surface area contributed by atoms with Crippen LogP contribution in [-0.2, 0) is 22.5 Å². The summed E-state index contributed by atoms with van der Waals surface area (Å²) in [5.41, 5.74) is 17.7. The number of imidazole rings is 1. The molecule has 45 heavy (non-hydrogen) atoms. The molecule has 0 spiro atoms. The van der Waals surface area contributed by atoms with Crippen LogP contribution in [0, 0.1) is 13.8 Å². The Morgan fingerprint density at radius 2 is 1.62 bits per heavy atom. The van der Waals surface area contributed by atoms with E-state index in [4.69, 9.17) is 20.9 Å². The lowest BCUT2D eigenvalue weighted by Crippen LogP contribution is -2.46. The number of H-pyrrole nitrogens is 1. The van der Waals surface area contributed by atoms with Gasteiger partial charge in [0.15, 0.2) is 0 Å². The lowest BCUT2D eigenvalue weighted by molar-refractivity contribution is -0.135. The van der Waals surface area contributed by atoms with Gasteiger partial charge in [0.1, 0.15) is 17.1 Å². The van der Waals surface area contributed by atoms with Gasteiger partial charge in [-0.1, -0.05) is 36.4 Å². The molecule has 12 heteroatoms. The summed E-state index contributed by atoms with van der Waals surface area (Å²) in [5.74, 6) is -0.428. The second-order valence-electron chi connectivity index (χ2n) is 10.5. The third kappa shape index (κ3) is 8.42. The number of nitrogens with zero attached hydrogens (tertiary/aromatic N) is 2. The maximum Gasteiger partial charge on any atom is 0.341 e. The maximum atomic E-state index is 14.1. The van der Waals surface area contributed by atoms with Crippen LogP contribution in [0.2, 0.25) is 0 Å². The quantitative estimate of drug-likeness (QED) is 0.190. The summed E-state index contributed by atoms with van der Waals surface area (Å²) in [5, 5.41) is 0. The van der Waals surface area contributed by atoms with Crippen molar-refractivity contribution in [3.8, 4) is 17.0 Å².